The second-order valence-electron chi connectivity index (χ2n) is 7.27. The smallest absolute Gasteiger partial charge is 0.223 e. The van der Waals surface area contributed by atoms with E-state index in [1.54, 1.807) is 6.07 Å². The van der Waals surface area contributed by atoms with Crippen molar-refractivity contribution in [3.8, 4) is 5.75 Å². The molecule has 1 aromatic carbocycles. The number of hydrogen-bond acceptors (Lipinski definition) is 5. The van der Waals surface area contributed by atoms with Gasteiger partial charge in [-0.2, -0.15) is 0 Å². The number of nitrogens with zero attached hydrogens (tertiary/aromatic N) is 1. The highest BCUT2D eigenvalue weighted by atomic mass is 35.5. The topological polar surface area (TPSA) is 81.3 Å². The van der Waals surface area contributed by atoms with Crippen molar-refractivity contribution < 1.29 is 4.74 Å². The molecular weight excluding hydrogens is 506 g/mol. The number of nitrogens with two attached hydrogens (primary N) is 1. The molecule has 0 unspecified atom stereocenters. The first-order chi connectivity index (χ1) is 14.2. The molecule has 0 aliphatic rings. The van der Waals surface area contributed by atoms with E-state index in [0.29, 0.717) is 12.4 Å². The van der Waals surface area contributed by atoms with Crippen LogP contribution in [0.5, 0.6) is 5.75 Å². The third-order valence-corrected chi connectivity index (χ3v) is 4.88. The van der Waals surface area contributed by atoms with Crippen LogP contribution in [0.2, 0.25) is 0 Å². The summed E-state index contributed by atoms with van der Waals surface area (Å²) in [5.74, 6) is 0.450. The lowest BCUT2D eigenvalue weighted by Crippen LogP contribution is -2.22. The predicted molar refractivity (Wildman–Crippen MR) is 148 cm³/mol. The molecule has 1 aromatic heterocycles. The summed E-state index contributed by atoms with van der Waals surface area (Å²) in [7, 11) is 0. The Labute approximate surface area is 223 Å². The number of ether oxygens (including phenoxy) is 1. The molecule has 33 heavy (non-hydrogen) atoms. The summed E-state index contributed by atoms with van der Waals surface area (Å²) in [4.78, 5) is 12.2. The highest BCUT2D eigenvalue weighted by Crippen LogP contribution is 2.14. The van der Waals surface area contributed by atoms with Crippen molar-refractivity contribution in [3.05, 3.63) is 64.1 Å². The van der Waals surface area contributed by atoms with E-state index < -0.39 is 0 Å². The van der Waals surface area contributed by atoms with Crippen LogP contribution in [0, 0.1) is 6.92 Å². The second kappa shape index (κ2) is 22.8. The highest BCUT2D eigenvalue weighted by molar-refractivity contribution is 5.86. The number of hydrogen-bond donors (Lipinski definition) is 3. The van der Waals surface area contributed by atoms with Crippen LogP contribution in [-0.4, -0.2) is 37.3 Å². The number of halogens is 4. The molecule has 4 N–H and O–H groups in total. The first-order valence-electron chi connectivity index (χ1n) is 10.7. The van der Waals surface area contributed by atoms with Crippen molar-refractivity contribution in [1.29, 1.82) is 0 Å². The Bertz CT molecular complexity index is 764. The Morgan fingerprint density at radius 3 is 2.03 bits per heavy atom. The standard InChI is InChI=1S/C23H36N4O2.4ClH/c1-20-23(29-19-21-9-3-2-4-10-21)22(28)11-18-27(20)17-8-16-26-14-6-5-13-25-15-7-12-24;;;;/h2-4,9-11,18,25-26H,5-8,12-17,19,24H2,1H3;4*1H. The number of benzene rings is 1. The van der Waals surface area contributed by atoms with Gasteiger partial charge in [-0.05, 0) is 70.9 Å². The Morgan fingerprint density at radius 2 is 1.42 bits per heavy atom. The Morgan fingerprint density at radius 1 is 0.848 bits per heavy atom. The molecule has 10 heteroatoms. The van der Waals surface area contributed by atoms with Gasteiger partial charge in [0.25, 0.3) is 0 Å². The van der Waals surface area contributed by atoms with E-state index in [1.165, 1.54) is 12.8 Å². The lowest BCUT2D eigenvalue weighted by molar-refractivity contribution is 0.296. The molecule has 2 rings (SSSR count). The van der Waals surface area contributed by atoms with Crippen molar-refractivity contribution in [2.45, 2.75) is 45.8 Å². The molecule has 0 spiro atoms. The SMILES string of the molecule is Cc1c(OCc2ccccc2)c(=O)ccn1CCCNCCCCNCCCN.Cl.Cl.Cl.Cl. The van der Waals surface area contributed by atoms with Gasteiger partial charge in [0.1, 0.15) is 6.61 Å². The fraction of sp³-hybridized carbons (Fsp3) is 0.522. The van der Waals surface area contributed by atoms with Crippen LogP contribution in [0.15, 0.2) is 47.4 Å². The van der Waals surface area contributed by atoms with Gasteiger partial charge in [0, 0.05) is 18.8 Å². The van der Waals surface area contributed by atoms with Crippen molar-refractivity contribution in [2.75, 3.05) is 32.7 Å². The van der Waals surface area contributed by atoms with Gasteiger partial charge in [-0.1, -0.05) is 30.3 Å². The van der Waals surface area contributed by atoms with Crippen LogP contribution in [0.25, 0.3) is 0 Å². The number of aromatic nitrogens is 1. The minimum atomic E-state index is -0.0621. The van der Waals surface area contributed by atoms with Gasteiger partial charge in [-0.25, -0.2) is 0 Å². The summed E-state index contributed by atoms with van der Waals surface area (Å²) < 4.78 is 7.94. The third kappa shape index (κ3) is 14.8. The molecule has 0 saturated heterocycles. The van der Waals surface area contributed by atoms with Gasteiger partial charge in [-0.3, -0.25) is 4.79 Å². The zero-order valence-corrected chi connectivity index (χ0v) is 22.6. The lowest BCUT2D eigenvalue weighted by Gasteiger charge is -2.15. The van der Waals surface area contributed by atoms with E-state index in [0.717, 1.165) is 63.4 Å². The van der Waals surface area contributed by atoms with Crippen LogP contribution in [0.4, 0.5) is 0 Å². The first-order valence-corrected chi connectivity index (χ1v) is 10.7. The van der Waals surface area contributed by atoms with E-state index >= 15 is 0 Å². The minimum Gasteiger partial charge on any atom is -0.483 e. The minimum absolute atomic E-state index is 0. The number of rotatable bonds is 15. The normalized spacial score (nSPS) is 9.64. The number of nitrogens with one attached hydrogen (secondary N) is 2. The molecule has 1 heterocycles. The highest BCUT2D eigenvalue weighted by Gasteiger charge is 2.09. The van der Waals surface area contributed by atoms with Crippen LogP contribution in [0.3, 0.4) is 0 Å². The van der Waals surface area contributed by atoms with Gasteiger partial charge in [-0.15, -0.1) is 49.6 Å². The molecule has 0 saturated carbocycles. The van der Waals surface area contributed by atoms with E-state index in [4.69, 9.17) is 10.5 Å². The molecule has 0 bridgehead atoms. The maximum Gasteiger partial charge on any atom is 0.223 e. The van der Waals surface area contributed by atoms with Gasteiger partial charge < -0.3 is 25.7 Å². The summed E-state index contributed by atoms with van der Waals surface area (Å²) in [5, 5.41) is 6.89. The maximum atomic E-state index is 12.2. The second-order valence-corrected chi connectivity index (χ2v) is 7.27. The summed E-state index contributed by atoms with van der Waals surface area (Å²) in [5.41, 5.74) is 7.35. The molecule has 192 valence electrons. The van der Waals surface area contributed by atoms with Crippen LogP contribution < -0.4 is 26.5 Å². The monoisotopic (exact) mass is 544 g/mol. The van der Waals surface area contributed by atoms with Crippen molar-refractivity contribution in [1.82, 2.24) is 15.2 Å². The average molecular weight is 546 g/mol. The van der Waals surface area contributed by atoms with Crippen LogP contribution >= 0.6 is 49.6 Å². The Hall–Kier alpha value is -0.990. The van der Waals surface area contributed by atoms with E-state index in [2.05, 4.69) is 15.2 Å². The van der Waals surface area contributed by atoms with Crippen LogP contribution in [-0.2, 0) is 13.2 Å². The van der Waals surface area contributed by atoms with Crippen molar-refractivity contribution in [2.24, 2.45) is 5.73 Å². The summed E-state index contributed by atoms with van der Waals surface area (Å²) >= 11 is 0. The molecule has 6 nitrogen and oxygen atoms in total. The van der Waals surface area contributed by atoms with E-state index in [1.807, 2.05) is 43.5 Å². The number of unbranched alkanes of at least 4 members (excludes halogenated alkanes) is 1. The Kier molecular flexibility index (Phi) is 25.3. The average Bonchev–Trinajstić information content (AvgIpc) is 2.74. The molecule has 0 aliphatic heterocycles. The van der Waals surface area contributed by atoms with Gasteiger partial charge >= 0.3 is 0 Å². The summed E-state index contributed by atoms with van der Waals surface area (Å²) in [6, 6.07) is 11.5. The fourth-order valence-electron chi connectivity index (χ4n) is 3.15. The number of pyridine rings is 1. The lowest BCUT2D eigenvalue weighted by atomic mass is 10.2. The van der Waals surface area contributed by atoms with Gasteiger partial charge in [0.15, 0.2) is 5.75 Å². The molecule has 2 aromatic rings. The van der Waals surface area contributed by atoms with Crippen molar-refractivity contribution in [3.63, 3.8) is 0 Å². The van der Waals surface area contributed by atoms with Gasteiger partial charge in [0.2, 0.25) is 5.43 Å². The largest absolute Gasteiger partial charge is 0.483 e. The molecule has 0 radical (unpaired) electrons. The van der Waals surface area contributed by atoms with Crippen molar-refractivity contribution >= 4 is 49.6 Å². The molecule has 0 amide bonds. The predicted octanol–water partition coefficient (Wildman–Crippen LogP) is 4.12. The Balaban J connectivity index is -0.00000225. The zero-order chi connectivity index (χ0) is 20.7. The summed E-state index contributed by atoms with van der Waals surface area (Å²) in [6.45, 7) is 8.05. The maximum absolute atomic E-state index is 12.2. The van der Waals surface area contributed by atoms with E-state index in [9.17, 15) is 4.79 Å². The first kappa shape index (κ1) is 36.6. The number of aryl methyl sites for hydroxylation is 1. The molecular formula is C23H40Cl4N4O2. The van der Waals surface area contributed by atoms with E-state index in [-0.39, 0.29) is 55.1 Å². The molecule has 0 atom stereocenters. The zero-order valence-electron chi connectivity index (χ0n) is 19.3. The quantitative estimate of drug-likeness (QED) is 0.293. The van der Waals surface area contributed by atoms with Gasteiger partial charge in [0.05, 0.1) is 5.69 Å². The fourth-order valence-corrected chi connectivity index (χ4v) is 3.15. The molecule has 0 fully saturated rings. The molecule has 0 aliphatic carbocycles. The third-order valence-electron chi connectivity index (χ3n) is 4.88. The van der Waals surface area contributed by atoms with Crippen LogP contribution in [0.1, 0.15) is 36.9 Å². The summed E-state index contributed by atoms with van der Waals surface area (Å²) in [6.07, 6.45) is 6.26.